The largest absolute Gasteiger partial charge is 0.392 e. The van der Waals surface area contributed by atoms with Crippen molar-refractivity contribution in [2.45, 2.75) is 25.4 Å². The zero-order chi connectivity index (χ0) is 11.5. The monoisotopic (exact) mass is 223 g/mol. The predicted molar refractivity (Wildman–Crippen MR) is 59.7 cm³/mol. The minimum atomic E-state index is -0.628. The maximum Gasteiger partial charge on any atom is 0.0938 e. The van der Waals surface area contributed by atoms with Crippen LogP contribution in [0.25, 0.3) is 0 Å². The van der Waals surface area contributed by atoms with E-state index in [0.29, 0.717) is 13.1 Å². The summed E-state index contributed by atoms with van der Waals surface area (Å²) in [6.45, 7) is 1.81. The van der Waals surface area contributed by atoms with Crippen molar-refractivity contribution in [1.29, 1.82) is 0 Å². The second-order valence-electron chi connectivity index (χ2n) is 4.30. The molecule has 1 fully saturated rings. The van der Waals surface area contributed by atoms with Crippen molar-refractivity contribution >= 4 is 0 Å². The second kappa shape index (κ2) is 4.93. The lowest BCUT2D eigenvalue weighted by Crippen LogP contribution is -2.22. The molecule has 1 aromatic carbocycles. The zero-order valence-electron chi connectivity index (χ0n) is 9.08. The van der Waals surface area contributed by atoms with Gasteiger partial charge in [-0.3, -0.25) is 4.90 Å². The van der Waals surface area contributed by atoms with Crippen LogP contribution in [-0.4, -0.2) is 45.5 Å². The van der Waals surface area contributed by atoms with Gasteiger partial charge in [0.1, 0.15) is 0 Å². The van der Waals surface area contributed by atoms with E-state index < -0.39 is 12.2 Å². The summed E-state index contributed by atoms with van der Waals surface area (Å²) in [6, 6.07) is 7.70. The molecule has 0 aliphatic carbocycles. The van der Waals surface area contributed by atoms with Crippen LogP contribution in [0.2, 0.25) is 0 Å². The van der Waals surface area contributed by atoms with Crippen LogP contribution in [0.3, 0.4) is 0 Å². The average Bonchev–Trinajstić information content (AvgIpc) is 2.59. The number of hydrogen-bond donors (Lipinski definition) is 3. The predicted octanol–water partition coefficient (Wildman–Crippen LogP) is -0.284. The third-order valence-electron chi connectivity index (χ3n) is 2.95. The van der Waals surface area contributed by atoms with Gasteiger partial charge in [-0.15, -0.1) is 0 Å². The lowest BCUT2D eigenvalue weighted by atomic mass is 10.1. The van der Waals surface area contributed by atoms with Crippen molar-refractivity contribution in [1.82, 2.24) is 4.90 Å². The number of likely N-dealkylation sites (tertiary alicyclic amines) is 1. The average molecular weight is 223 g/mol. The van der Waals surface area contributed by atoms with Crippen LogP contribution >= 0.6 is 0 Å². The third kappa shape index (κ3) is 2.59. The third-order valence-corrected chi connectivity index (χ3v) is 2.95. The quantitative estimate of drug-likeness (QED) is 0.659. The molecule has 0 aromatic heterocycles. The summed E-state index contributed by atoms with van der Waals surface area (Å²) >= 11 is 0. The zero-order valence-corrected chi connectivity index (χ0v) is 9.08. The molecule has 2 atom stereocenters. The van der Waals surface area contributed by atoms with Crippen molar-refractivity contribution in [3.63, 3.8) is 0 Å². The van der Waals surface area contributed by atoms with Gasteiger partial charge in [-0.05, 0) is 11.1 Å². The normalized spacial score (nSPS) is 26.2. The molecule has 1 aliphatic rings. The molecule has 1 aromatic rings. The number of aliphatic hydroxyl groups is 3. The molecular weight excluding hydrogens is 206 g/mol. The highest BCUT2D eigenvalue weighted by atomic mass is 16.3. The van der Waals surface area contributed by atoms with Gasteiger partial charge in [0, 0.05) is 19.6 Å². The number of rotatable bonds is 3. The summed E-state index contributed by atoms with van der Waals surface area (Å²) in [6.07, 6.45) is -1.26. The van der Waals surface area contributed by atoms with Crippen LogP contribution in [0.1, 0.15) is 11.1 Å². The highest BCUT2D eigenvalue weighted by Crippen LogP contribution is 2.14. The van der Waals surface area contributed by atoms with E-state index in [1.165, 1.54) is 0 Å². The lowest BCUT2D eigenvalue weighted by molar-refractivity contribution is 0.0572. The fourth-order valence-corrected chi connectivity index (χ4v) is 1.98. The molecule has 0 unspecified atom stereocenters. The van der Waals surface area contributed by atoms with Gasteiger partial charge >= 0.3 is 0 Å². The summed E-state index contributed by atoms with van der Waals surface area (Å²) in [4.78, 5) is 2.02. The van der Waals surface area contributed by atoms with E-state index in [4.69, 9.17) is 5.11 Å². The Morgan fingerprint density at radius 3 is 2.00 bits per heavy atom. The molecule has 1 heterocycles. The molecule has 2 rings (SSSR count). The molecule has 4 nitrogen and oxygen atoms in total. The summed E-state index contributed by atoms with van der Waals surface area (Å²) in [5.41, 5.74) is 2.02. The summed E-state index contributed by atoms with van der Waals surface area (Å²) < 4.78 is 0. The van der Waals surface area contributed by atoms with Crippen LogP contribution in [0.4, 0.5) is 0 Å². The molecule has 0 spiro atoms. The standard InChI is InChI=1S/C12H17NO3/c14-8-10-3-1-9(2-4-10)5-13-6-11(15)12(16)7-13/h1-4,11-12,14-16H,5-8H2/t11-,12+. The van der Waals surface area contributed by atoms with Crippen LogP contribution in [-0.2, 0) is 13.2 Å². The van der Waals surface area contributed by atoms with Crippen molar-refractivity contribution < 1.29 is 15.3 Å². The highest BCUT2D eigenvalue weighted by Gasteiger charge is 2.29. The van der Waals surface area contributed by atoms with E-state index in [2.05, 4.69) is 0 Å². The van der Waals surface area contributed by atoms with Crippen LogP contribution in [0.15, 0.2) is 24.3 Å². The highest BCUT2D eigenvalue weighted by molar-refractivity contribution is 5.22. The molecule has 16 heavy (non-hydrogen) atoms. The van der Waals surface area contributed by atoms with Gasteiger partial charge in [0.15, 0.2) is 0 Å². The first-order valence-corrected chi connectivity index (χ1v) is 5.46. The van der Waals surface area contributed by atoms with Crippen molar-refractivity contribution in [3.8, 4) is 0 Å². The Balaban J connectivity index is 1.94. The Kier molecular flexibility index (Phi) is 3.56. The Hall–Kier alpha value is -0.940. The lowest BCUT2D eigenvalue weighted by Gasteiger charge is -2.14. The number of benzene rings is 1. The van der Waals surface area contributed by atoms with E-state index in [1.54, 1.807) is 0 Å². The van der Waals surface area contributed by atoms with Gasteiger partial charge < -0.3 is 15.3 Å². The Labute approximate surface area is 94.8 Å². The first-order chi connectivity index (χ1) is 7.69. The molecular formula is C12H17NO3. The molecule has 0 radical (unpaired) electrons. The van der Waals surface area contributed by atoms with Gasteiger partial charge in [-0.1, -0.05) is 24.3 Å². The van der Waals surface area contributed by atoms with E-state index in [9.17, 15) is 10.2 Å². The van der Waals surface area contributed by atoms with Gasteiger partial charge in [0.2, 0.25) is 0 Å². The molecule has 1 aliphatic heterocycles. The maximum absolute atomic E-state index is 9.40. The maximum atomic E-state index is 9.40. The van der Waals surface area contributed by atoms with Crippen LogP contribution in [0.5, 0.6) is 0 Å². The molecule has 1 saturated heterocycles. The van der Waals surface area contributed by atoms with E-state index in [1.807, 2.05) is 29.2 Å². The minimum absolute atomic E-state index is 0.0570. The second-order valence-corrected chi connectivity index (χ2v) is 4.30. The van der Waals surface area contributed by atoms with Crippen molar-refractivity contribution in [3.05, 3.63) is 35.4 Å². The fourth-order valence-electron chi connectivity index (χ4n) is 1.98. The number of nitrogens with zero attached hydrogens (tertiary/aromatic N) is 1. The fraction of sp³-hybridized carbons (Fsp3) is 0.500. The Morgan fingerprint density at radius 2 is 1.50 bits per heavy atom. The molecule has 88 valence electrons. The van der Waals surface area contributed by atoms with Crippen molar-refractivity contribution in [2.75, 3.05) is 13.1 Å². The van der Waals surface area contributed by atoms with E-state index >= 15 is 0 Å². The Morgan fingerprint density at radius 1 is 1.00 bits per heavy atom. The van der Waals surface area contributed by atoms with Crippen LogP contribution < -0.4 is 0 Å². The Bertz CT molecular complexity index is 329. The van der Waals surface area contributed by atoms with E-state index in [-0.39, 0.29) is 6.61 Å². The molecule has 3 N–H and O–H groups in total. The van der Waals surface area contributed by atoms with Gasteiger partial charge in [-0.2, -0.15) is 0 Å². The summed E-state index contributed by atoms with van der Waals surface area (Å²) in [5, 5.41) is 27.7. The van der Waals surface area contributed by atoms with Crippen molar-refractivity contribution in [2.24, 2.45) is 0 Å². The molecule has 4 heteroatoms. The summed E-state index contributed by atoms with van der Waals surface area (Å²) in [5.74, 6) is 0. The topological polar surface area (TPSA) is 63.9 Å². The minimum Gasteiger partial charge on any atom is -0.392 e. The molecule has 0 bridgehead atoms. The molecule has 0 saturated carbocycles. The SMILES string of the molecule is OCc1ccc(CN2C[C@@H](O)[C@@H](O)C2)cc1. The van der Waals surface area contributed by atoms with Gasteiger partial charge in [0.25, 0.3) is 0 Å². The smallest absolute Gasteiger partial charge is 0.0938 e. The number of aliphatic hydroxyl groups excluding tert-OH is 3. The first-order valence-electron chi connectivity index (χ1n) is 5.46. The summed E-state index contributed by atoms with van der Waals surface area (Å²) in [7, 11) is 0. The van der Waals surface area contributed by atoms with Crippen LogP contribution in [0, 0.1) is 0 Å². The molecule has 0 amide bonds. The van der Waals surface area contributed by atoms with E-state index in [0.717, 1.165) is 17.7 Å². The first kappa shape index (κ1) is 11.5. The number of hydrogen-bond acceptors (Lipinski definition) is 4. The van der Waals surface area contributed by atoms with Gasteiger partial charge in [0.05, 0.1) is 18.8 Å². The number of β-amino-alcohol motifs (C(OH)–C–C–N with tert-alkyl or cyclic N) is 2. The van der Waals surface area contributed by atoms with Gasteiger partial charge in [-0.25, -0.2) is 0 Å².